The van der Waals surface area contributed by atoms with E-state index >= 15 is 0 Å². The summed E-state index contributed by atoms with van der Waals surface area (Å²) in [7, 11) is 0. The van der Waals surface area contributed by atoms with E-state index in [0.717, 1.165) is 51.4 Å². The van der Waals surface area contributed by atoms with Gasteiger partial charge in [-0.3, -0.25) is 4.79 Å². The van der Waals surface area contributed by atoms with Crippen molar-refractivity contribution in [2.75, 3.05) is 19.8 Å². The van der Waals surface area contributed by atoms with Crippen molar-refractivity contribution in [2.24, 2.45) is 0 Å². The zero-order valence-electron chi connectivity index (χ0n) is 50.6. The lowest BCUT2D eigenvalue weighted by Gasteiger charge is -2.46. The van der Waals surface area contributed by atoms with E-state index in [2.05, 4.69) is 55.6 Å². The number of carbonyl (C=O) groups is 1. The Morgan fingerprint density at radius 3 is 1.26 bits per heavy atom. The van der Waals surface area contributed by atoms with Gasteiger partial charge in [0, 0.05) is 6.42 Å². The first-order valence-corrected chi connectivity index (χ1v) is 32.9. The zero-order chi connectivity index (χ0) is 58.1. The molecule has 2 aliphatic rings. The predicted octanol–water partition coefficient (Wildman–Crippen LogP) is 12.3. The van der Waals surface area contributed by atoms with Crippen molar-refractivity contribution < 1.29 is 64.6 Å². The molecule has 0 aliphatic carbocycles. The minimum absolute atomic E-state index is 0.238. The third-order valence-corrected chi connectivity index (χ3v) is 16.0. The minimum atomic E-state index is -1.79. The number of carbonyl (C=O) groups excluding carboxylic acids is 1. The first kappa shape index (κ1) is 74.1. The summed E-state index contributed by atoms with van der Waals surface area (Å²) in [6.07, 6.45) is 48.9. The maximum absolute atomic E-state index is 13.3. The molecule has 14 heteroatoms. The molecule has 0 saturated carbocycles. The van der Waals surface area contributed by atoms with Crippen LogP contribution < -0.4 is 5.32 Å². The van der Waals surface area contributed by atoms with Crippen molar-refractivity contribution in [3.05, 3.63) is 48.6 Å². The van der Waals surface area contributed by atoms with E-state index in [0.29, 0.717) is 6.42 Å². The van der Waals surface area contributed by atoms with Crippen molar-refractivity contribution >= 4 is 5.91 Å². The second-order valence-corrected chi connectivity index (χ2v) is 23.2. The van der Waals surface area contributed by atoms with Crippen LogP contribution in [0.15, 0.2) is 48.6 Å². The number of allylic oxidation sites excluding steroid dienone is 7. The van der Waals surface area contributed by atoms with Crippen molar-refractivity contribution in [1.29, 1.82) is 0 Å². The molecule has 0 aromatic rings. The third kappa shape index (κ3) is 35.9. The Hall–Kier alpha value is -2.05. The molecular weight excluding hydrogens is 1010 g/mol. The summed E-state index contributed by atoms with van der Waals surface area (Å²) < 4.78 is 22.8. The van der Waals surface area contributed by atoms with Gasteiger partial charge in [-0.2, -0.15) is 0 Å². The maximum atomic E-state index is 13.3. The summed E-state index contributed by atoms with van der Waals surface area (Å²) in [5.41, 5.74) is 0. The Balaban J connectivity index is 1.62. The van der Waals surface area contributed by atoms with Gasteiger partial charge >= 0.3 is 0 Å². The Morgan fingerprint density at radius 1 is 0.450 bits per heavy atom. The summed E-state index contributed by atoms with van der Waals surface area (Å²) in [4.78, 5) is 13.3. The van der Waals surface area contributed by atoms with Crippen molar-refractivity contribution in [3.63, 3.8) is 0 Å². The summed E-state index contributed by atoms with van der Waals surface area (Å²) in [5.74, 6) is -0.238. The van der Waals surface area contributed by atoms with Gasteiger partial charge in [-0.1, -0.05) is 255 Å². The number of hydrogen-bond donors (Lipinski definition) is 9. The Bertz CT molecular complexity index is 1530. The van der Waals surface area contributed by atoms with E-state index in [1.54, 1.807) is 6.08 Å². The Kier molecular flexibility index (Phi) is 47.6. The second-order valence-electron chi connectivity index (χ2n) is 23.2. The van der Waals surface area contributed by atoms with Crippen LogP contribution in [0.2, 0.25) is 0 Å². The molecule has 14 nitrogen and oxygen atoms in total. The van der Waals surface area contributed by atoms with E-state index in [4.69, 9.17) is 18.9 Å². The van der Waals surface area contributed by atoms with E-state index < -0.39 is 86.8 Å². The fraction of sp³-hybridized carbons (Fsp3) is 0.864. The van der Waals surface area contributed by atoms with Gasteiger partial charge in [0.1, 0.15) is 48.8 Å². The van der Waals surface area contributed by atoms with E-state index in [1.165, 1.54) is 193 Å². The van der Waals surface area contributed by atoms with E-state index in [9.17, 15) is 45.6 Å². The van der Waals surface area contributed by atoms with Gasteiger partial charge in [0.15, 0.2) is 12.6 Å². The highest BCUT2D eigenvalue weighted by Crippen LogP contribution is 2.30. The highest BCUT2D eigenvalue weighted by Gasteiger charge is 2.51. The molecule has 0 spiro atoms. The molecule has 0 radical (unpaired) electrons. The van der Waals surface area contributed by atoms with Crippen LogP contribution in [0.3, 0.4) is 0 Å². The van der Waals surface area contributed by atoms with Gasteiger partial charge < -0.3 is 65.1 Å². The van der Waals surface area contributed by atoms with Crippen LogP contribution in [0.5, 0.6) is 0 Å². The zero-order valence-corrected chi connectivity index (χ0v) is 50.6. The highest BCUT2D eigenvalue weighted by molar-refractivity contribution is 5.76. The van der Waals surface area contributed by atoms with E-state index in [-0.39, 0.29) is 18.9 Å². The van der Waals surface area contributed by atoms with Gasteiger partial charge in [0.05, 0.1) is 32.0 Å². The van der Waals surface area contributed by atoms with Crippen LogP contribution in [0.25, 0.3) is 0 Å². The first-order valence-electron chi connectivity index (χ1n) is 32.9. The van der Waals surface area contributed by atoms with Crippen LogP contribution >= 0.6 is 0 Å². The fourth-order valence-corrected chi connectivity index (χ4v) is 10.7. The molecule has 0 bridgehead atoms. The molecular formula is C66H121NO13. The summed E-state index contributed by atoms with van der Waals surface area (Å²) in [6, 6.07) is -0.913. The average molecular weight is 1140 g/mol. The number of ether oxygens (including phenoxy) is 4. The molecule has 80 heavy (non-hydrogen) atoms. The second kappa shape index (κ2) is 51.4. The molecule has 2 heterocycles. The number of amides is 1. The molecule has 1 amide bonds. The molecule has 2 rings (SSSR count). The van der Waals surface area contributed by atoms with Crippen LogP contribution in [-0.2, 0) is 23.7 Å². The standard InChI is InChI=1S/C66H121NO13/c1-3-5-7-9-11-13-15-17-18-19-20-21-22-23-24-25-26-27-28-29-30-31-32-33-34-35-36-38-40-42-44-46-48-50-58(71)67-54(55(70)49-47-45-43-41-39-37-16-14-12-10-8-6-4-2)53-77-65-63(76)61(74)64(57(52-69)79-65)80-66-62(75)60(73)59(72)56(51-68)78-66/h15,17,19-20,22-23,47,49,54-57,59-66,68-70,72-76H,3-14,16,18,21,24-46,48,50-53H2,1-2H3,(H,67,71)/b17-15-,20-19-,23-22-,49-47+. The van der Waals surface area contributed by atoms with Crippen LogP contribution in [0.4, 0.5) is 0 Å². The third-order valence-electron chi connectivity index (χ3n) is 16.0. The van der Waals surface area contributed by atoms with E-state index in [1.807, 2.05) is 6.08 Å². The Morgan fingerprint density at radius 2 is 0.825 bits per heavy atom. The van der Waals surface area contributed by atoms with Gasteiger partial charge in [-0.25, -0.2) is 0 Å². The largest absolute Gasteiger partial charge is 0.394 e. The number of rotatable bonds is 53. The molecule has 0 aromatic heterocycles. The lowest BCUT2D eigenvalue weighted by Crippen LogP contribution is -2.65. The maximum Gasteiger partial charge on any atom is 0.220 e. The fourth-order valence-electron chi connectivity index (χ4n) is 10.7. The molecule has 12 atom stereocenters. The topological polar surface area (TPSA) is 228 Å². The summed E-state index contributed by atoms with van der Waals surface area (Å²) >= 11 is 0. The van der Waals surface area contributed by atoms with Gasteiger partial charge in [-0.05, 0) is 57.8 Å². The predicted molar refractivity (Wildman–Crippen MR) is 323 cm³/mol. The van der Waals surface area contributed by atoms with Crippen molar-refractivity contribution in [3.8, 4) is 0 Å². The Labute approximate surface area is 486 Å². The van der Waals surface area contributed by atoms with Crippen LogP contribution in [0, 0.1) is 0 Å². The van der Waals surface area contributed by atoms with Gasteiger partial charge in [-0.15, -0.1) is 0 Å². The molecule has 9 N–H and O–H groups in total. The SMILES string of the molecule is CCCCCCC/C=C\C/C=C\C/C=C\CCCCCCCCCCCCCCCCCCCCC(=O)NC(COC1OC(CO)C(OC2OC(CO)C(O)C(O)C2O)C(O)C1O)C(O)/C=C/CCCCCCCCCCCCC. The number of nitrogens with one attached hydrogen (secondary N) is 1. The van der Waals surface area contributed by atoms with Crippen molar-refractivity contribution in [1.82, 2.24) is 5.32 Å². The van der Waals surface area contributed by atoms with Crippen LogP contribution in [-0.4, -0.2) is 140 Å². The summed E-state index contributed by atoms with van der Waals surface area (Å²) in [5, 5.41) is 87.1. The quantitative estimate of drug-likeness (QED) is 0.0204. The monoisotopic (exact) mass is 1140 g/mol. The molecule has 468 valence electrons. The lowest BCUT2D eigenvalue weighted by molar-refractivity contribution is -0.359. The first-order chi connectivity index (χ1) is 39.1. The molecule has 2 aliphatic heterocycles. The normalized spacial score (nSPS) is 24.5. The highest BCUT2D eigenvalue weighted by atomic mass is 16.7. The van der Waals surface area contributed by atoms with Crippen LogP contribution in [0.1, 0.15) is 271 Å². The number of aliphatic hydroxyl groups excluding tert-OH is 8. The molecule has 2 fully saturated rings. The summed E-state index contributed by atoms with van der Waals surface area (Å²) in [6.45, 7) is 2.79. The van der Waals surface area contributed by atoms with Gasteiger partial charge in [0.2, 0.25) is 5.91 Å². The number of aliphatic hydroxyl groups is 8. The van der Waals surface area contributed by atoms with Crippen molar-refractivity contribution in [2.45, 2.75) is 344 Å². The molecule has 2 saturated heterocycles. The van der Waals surface area contributed by atoms with Gasteiger partial charge in [0.25, 0.3) is 0 Å². The lowest BCUT2D eigenvalue weighted by atomic mass is 9.97. The average Bonchev–Trinajstić information content (AvgIpc) is 3.49. The smallest absolute Gasteiger partial charge is 0.220 e. The minimum Gasteiger partial charge on any atom is -0.394 e. The molecule has 12 unspecified atom stereocenters. The molecule has 0 aromatic carbocycles. The number of hydrogen-bond acceptors (Lipinski definition) is 13. The number of unbranched alkanes of at least 4 members (excludes halogenated alkanes) is 34.